The maximum absolute atomic E-state index is 12.9. The van der Waals surface area contributed by atoms with Crippen LogP contribution in [0.25, 0.3) is 0 Å². The number of hydrogen-bond donors (Lipinski definition) is 3. The van der Waals surface area contributed by atoms with Gasteiger partial charge >= 0.3 is 12.1 Å². The van der Waals surface area contributed by atoms with E-state index in [-0.39, 0.29) is 5.91 Å². The van der Waals surface area contributed by atoms with Crippen LogP contribution in [0.1, 0.15) is 35.1 Å². The SMILES string of the molecule is C=CCNC(=O)C1(c2ccc(NS(=O)(=O)c3c(C)cc(C)cc3C)cc2)CC1.O=C(O)C(F)(F)F. The zero-order valence-electron chi connectivity index (χ0n) is 19.5. The third kappa shape index (κ3) is 6.84. The molecule has 0 bridgehead atoms. The summed E-state index contributed by atoms with van der Waals surface area (Å²) in [6.45, 7) is 9.60. The number of benzene rings is 2. The van der Waals surface area contributed by atoms with Gasteiger partial charge in [0.05, 0.1) is 10.3 Å². The van der Waals surface area contributed by atoms with Crippen LogP contribution >= 0.6 is 0 Å². The van der Waals surface area contributed by atoms with Crippen LogP contribution in [-0.4, -0.2) is 38.1 Å². The van der Waals surface area contributed by atoms with Crippen LogP contribution in [0.3, 0.4) is 0 Å². The molecule has 1 fully saturated rings. The molecule has 0 radical (unpaired) electrons. The van der Waals surface area contributed by atoms with E-state index in [1.807, 2.05) is 31.2 Å². The first-order valence-electron chi connectivity index (χ1n) is 10.5. The molecule has 7 nitrogen and oxygen atoms in total. The predicted octanol–water partition coefficient (Wildman–Crippen LogP) is 4.38. The summed E-state index contributed by atoms with van der Waals surface area (Å²) in [5.41, 5.74) is 3.35. The molecule has 0 heterocycles. The number of rotatable bonds is 7. The molecular weight excluding hydrogens is 485 g/mol. The number of carbonyl (C=O) groups is 2. The summed E-state index contributed by atoms with van der Waals surface area (Å²) >= 11 is 0. The number of nitrogens with one attached hydrogen (secondary N) is 2. The van der Waals surface area contributed by atoms with Crippen molar-refractivity contribution in [3.8, 4) is 0 Å². The standard InChI is InChI=1S/C22H26N2O3S.C2HF3O2/c1-5-12-23-21(25)22(10-11-22)18-6-8-19(9-7-18)24-28(26,27)20-16(3)13-15(2)14-17(20)4;3-2(4,5)1(6)7/h5-9,13-14,24H,1,10-12H2,2-4H3,(H,23,25);(H,6,7). The molecule has 35 heavy (non-hydrogen) atoms. The molecule has 3 N–H and O–H groups in total. The highest BCUT2D eigenvalue weighted by Crippen LogP contribution is 2.48. The summed E-state index contributed by atoms with van der Waals surface area (Å²) in [6.07, 6.45) is -1.84. The highest BCUT2D eigenvalue weighted by molar-refractivity contribution is 7.92. The van der Waals surface area contributed by atoms with Crippen molar-refractivity contribution in [1.29, 1.82) is 0 Å². The van der Waals surface area contributed by atoms with Crippen molar-refractivity contribution >= 4 is 27.6 Å². The third-order valence-electron chi connectivity index (χ3n) is 5.40. The maximum Gasteiger partial charge on any atom is 0.490 e. The third-order valence-corrected chi connectivity index (χ3v) is 7.08. The summed E-state index contributed by atoms with van der Waals surface area (Å²) < 4.78 is 60.2. The normalized spacial score (nSPS) is 14.2. The number of halogens is 3. The van der Waals surface area contributed by atoms with Gasteiger partial charge in [-0.2, -0.15) is 13.2 Å². The number of amides is 1. The van der Waals surface area contributed by atoms with E-state index in [1.165, 1.54) is 0 Å². The summed E-state index contributed by atoms with van der Waals surface area (Å²) in [5.74, 6) is -2.76. The number of alkyl halides is 3. The zero-order valence-corrected chi connectivity index (χ0v) is 20.3. The maximum atomic E-state index is 12.9. The summed E-state index contributed by atoms with van der Waals surface area (Å²) in [7, 11) is -3.69. The molecule has 2 aromatic rings. The molecule has 0 aromatic heterocycles. The lowest BCUT2D eigenvalue weighted by Gasteiger charge is -2.17. The fourth-order valence-electron chi connectivity index (χ4n) is 3.76. The molecular formula is C24H27F3N2O5S. The lowest BCUT2D eigenvalue weighted by molar-refractivity contribution is -0.192. The predicted molar refractivity (Wildman–Crippen MR) is 126 cm³/mol. The molecule has 3 rings (SSSR count). The van der Waals surface area contributed by atoms with Crippen LogP contribution < -0.4 is 10.0 Å². The quantitative estimate of drug-likeness (QED) is 0.477. The van der Waals surface area contributed by atoms with E-state index in [1.54, 1.807) is 32.1 Å². The van der Waals surface area contributed by atoms with Crippen LogP contribution in [0.15, 0.2) is 53.9 Å². The molecule has 0 spiro atoms. The lowest BCUT2D eigenvalue weighted by atomic mass is 9.95. The van der Waals surface area contributed by atoms with Crippen LogP contribution in [-0.2, 0) is 25.0 Å². The Morgan fingerprint density at radius 3 is 1.97 bits per heavy atom. The number of aryl methyl sites for hydroxylation is 3. The Balaban J connectivity index is 0.000000540. The Morgan fingerprint density at radius 1 is 1.09 bits per heavy atom. The zero-order chi connectivity index (χ0) is 26.6. The number of sulfonamides is 1. The molecule has 0 saturated heterocycles. The van der Waals surface area contributed by atoms with Gasteiger partial charge in [0.25, 0.3) is 10.0 Å². The van der Waals surface area contributed by atoms with E-state index in [0.29, 0.717) is 17.1 Å². The van der Waals surface area contributed by atoms with Gasteiger partial charge in [0.1, 0.15) is 0 Å². The van der Waals surface area contributed by atoms with Gasteiger partial charge < -0.3 is 10.4 Å². The molecule has 2 aromatic carbocycles. The van der Waals surface area contributed by atoms with Crippen molar-refractivity contribution in [2.24, 2.45) is 0 Å². The van der Waals surface area contributed by atoms with Gasteiger partial charge in [-0.25, -0.2) is 13.2 Å². The Hall–Kier alpha value is -3.34. The Morgan fingerprint density at radius 2 is 1.57 bits per heavy atom. The van der Waals surface area contributed by atoms with Gasteiger partial charge in [0.2, 0.25) is 5.91 Å². The van der Waals surface area contributed by atoms with Crippen LogP contribution in [0.2, 0.25) is 0 Å². The first-order valence-corrected chi connectivity index (χ1v) is 12.0. The highest BCUT2D eigenvalue weighted by Gasteiger charge is 2.51. The summed E-state index contributed by atoms with van der Waals surface area (Å²) in [4.78, 5) is 21.6. The summed E-state index contributed by atoms with van der Waals surface area (Å²) in [5, 5.41) is 9.98. The van der Waals surface area contributed by atoms with Crippen molar-refractivity contribution in [3.05, 3.63) is 71.3 Å². The second kappa shape index (κ2) is 10.5. The fourth-order valence-corrected chi connectivity index (χ4v) is 5.27. The summed E-state index contributed by atoms with van der Waals surface area (Å²) in [6, 6.07) is 10.8. The molecule has 190 valence electrons. The van der Waals surface area contributed by atoms with Crippen molar-refractivity contribution in [1.82, 2.24) is 5.32 Å². The number of carboxylic acids is 1. The molecule has 1 aliphatic carbocycles. The van der Waals surface area contributed by atoms with E-state index in [0.717, 1.165) is 35.1 Å². The minimum absolute atomic E-state index is 0.00774. The van der Waals surface area contributed by atoms with Crippen molar-refractivity contribution in [2.75, 3.05) is 11.3 Å². The number of carboxylic acid groups (broad SMARTS) is 1. The molecule has 0 aliphatic heterocycles. The first kappa shape index (κ1) is 27.9. The molecule has 0 atom stereocenters. The second-order valence-corrected chi connectivity index (χ2v) is 9.91. The van der Waals surface area contributed by atoms with E-state index in [9.17, 15) is 26.4 Å². The van der Waals surface area contributed by atoms with Gasteiger partial charge in [-0.1, -0.05) is 35.9 Å². The van der Waals surface area contributed by atoms with Gasteiger partial charge in [-0.05, 0) is 62.4 Å². The molecule has 1 saturated carbocycles. The Bertz CT molecular complexity index is 1200. The van der Waals surface area contributed by atoms with Crippen LogP contribution in [0.5, 0.6) is 0 Å². The first-order chi connectivity index (χ1) is 16.1. The topological polar surface area (TPSA) is 113 Å². The fraction of sp³-hybridized carbons (Fsp3) is 0.333. The van der Waals surface area contributed by atoms with Gasteiger partial charge in [-0.3, -0.25) is 9.52 Å². The average molecular weight is 513 g/mol. The minimum Gasteiger partial charge on any atom is -0.475 e. The average Bonchev–Trinajstić information content (AvgIpc) is 3.53. The van der Waals surface area contributed by atoms with E-state index < -0.39 is 27.6 Å². The molecule has 0 unspecified atom stereocenters. The van der Waals surface area contributed by atoms with Crippen LogP contribution in [0.4, 0.5) is 18.9 Å². The molecule has 1 aliphatic rings. The van der Waals surface area contributed by atoms with Gasteiger partial charge in [0, 0.05) is 12.2 Å². The van der Waals surface area contributed by atoms with Gasteiger partial charge in [-0.15, -0.1) is 6.58 Å². The minimum atomic E-state index is -5.08. The molecule has 11 heteroatoms. The highest BCUT2D eigenvalue weighted by atomic mass is 32.2. The lowest BCUT2D eigenvalue weighted by Crippen LogP contribution is -2.34. The molecule has 1 amide bonds. The Kier molecular flexibility index (Phi) is 8.38. The van der Waals surface area contributed by atoms with Crippen molar-refractivity contribution in [3.63, 3.8) is 0 Å². The van der Waals surface area contributed by atoms with E-state index in [2.05, 4.69) is 16.6 Å². The smallest absolute Gasteiger partial charge is 0.475 e. The second-order valence-electron chi connectivity index (χ2n) is 8.29. The monoisotopic (exact) mass is 512 g/mol. The van der Waals surface area contributed by atoms with Gasteiger partial charge in [0.15, 0.2) is 0 Å². The number of aliphatic carboxylic acids is 1. The number of anilines is 1. The van der Waals surface area contributed by atoms with Crippen molar-refractivity contribution < 1.29 is 36.3 Å². The van der Waals surface area contributed by atoms with Crippen molar-refractivity contribution in [2.45, 2.75) is 50.1 Å². The van der Waals surface area contributed by atoms with Crippen LogP contribution in [0, 0.1) is 20.8 Å². The Labute approximate surface area is 202 Å². The number of carbonyl (C=O) groups excluding carboxylic acids is 1. The number of hydrogen-bond acceptors (Lipinski definition) is 4. The largest absolute Gasteiger partial charge is 0.490 e. The van der Waals surface area contributed by atoms with E-state index in [4.69, 9.17) is 9.90 Å². The van der Waals surface area contributed by atoms with E-state index >= 15 is 0 Å².